The first-order chi connectivity index (χ1) is 7.15. The Morgan fingerprint density at radius 3 is 3.07 bits per heavy atom. The molecule has 6 heteroatoms. The average Bonchev–Trinajstić information content (AvgIpc) is 2.70. The lowest BCUT2D eigenvalue weighted by Gasteiger charge is -2.07. The molecule has 82 valence electrons. The fourth-order valence-electron chi connectivity index (χ4n) is 1.52. The predicted molar refractivity (Wildman–Crippen MR) is 63.2 cm³/mol. The van der Waals surface area contributed by atoms with Gasteiger partial charge in [-0.3, -0.25) is 4.79 Å². The molecule has 1 aromatic rings. The van der Waals surface area contributed by atoms with Crippen molar-refractivity contribution in [2.45, 2.75) is 30.0 Å². The monoisotopic (exact) mass is 243 g/mol. The van der Waals surface area contributed by atoms with Crippen molar-refractivity contribution in [3.05, 3.63) is 5.69 Å². The van der Waals surface area contributed by atoms with Crippen molar-refractivity contribution in [2.75, 3.05) is 11.5 Å². The Balaban J connectivity index is 1.88. The number of rotatable bonds is 3. The molecule has 0 aromatic carbocycles. The number of thiazole rings is 1. The molecule has 2 heterocycles. The Hall–Kier alpha value is -0.750. The zero-order chi connectivity index (χ0) is 10.8. The Morgan fingerprint density at radius 2 is 2.53 bits per heavy atom. The van der Waals surface area contributed by atoms with Crippen LogP contribution in [0, 0.1) is 6.92 Å². The van der Waals surface area contributed by atoms with Crippen molar-refractivity contribution in [1.82, 2.24) is 10.3 Å². The Kier molecular flexibility index (Phi) is 3.16. The third-order valence-electron chi connectivity index (χ3n) is 2.27. The van der Waals surface area contributed by atoms with Crippen LogP contribution < -0.4 is 11.1 Å². The van der Waals surface area contributed by atoms with Crippen molar-refractivity contribution in [3.8, 4) is 0 Å². The Bertz CT molecular complexity index is 377. The summed E-state index contributed by atoms with van der Waals surface area (Å²) in [5.41, 5.74) is 6.60. The van der Waals surface area contributed by atoms with Crippen molar-refractivity contribution in [1.29, 1.82) is 0 Å². The van der Waals surface area contributed by atoms with Gasteiger partial charge >= 0.3 is 0 Å². The highest BCUT2D eigenvalue weighted by Crippen LogP contribution is 2.31. The van der Waals surface area contributed by atoms with Gasteiger partial charge in [-0.15, -0.1) is 11.8 Å². The smallest absolute Gasteiger partial charge is 0.220 e. The maximum Gasteiger partial charge on any atom is 0.220 e. The summed E-state index contributed by atoms with van der Waals surface area (Å²) in [5, 5.41) is 3.56. The molecule has 1 aromatic heterocycles. The van der Waals surface area contributed by atoms with Gasteiger partial charge in [-0.25, -0.2) is 4.98 Å². The molecule has 0 radical (unpaired) electrons. The van der Waals surface area contributed by atoms with E-state index in [1.54, 1.807) is 11.8 Å². The van der Waals surface area contributed by atoms with E-state index >= 15 is 0 Å². The summed E-state index contributed by atoms with van der Waals surface area (Å²) in [6, 6.07) is 0.310. The summed E-state index contributed by atoms with van der Waals surface area (Å²) >= 11 is 3.24. The molecule has 15 heavy (non-hydrogen) atoms. The molecule has 4 nitrogen and oxygen atoms in total. The molecule has 2 rings (SSSR count). The van der Waals surface area contributed by atoms with Crippen molar-refractivity contribution < 1.29 is 4.79 Å². The first-order valence-electron chi connectivity index (χ1n) is 4.80. The van der Waals surface area contributed by atoms with Crippen LogP contribution in [0.5, 0.6) is 0 Å². The Labute approximate surface area is 96.6 Å². The van der Waals surface area contributed by atoms with Gasteiger partial charge in [0.2, 0.25) is 5.91 Å². The fourth-order valence-corrected chi connectivity index (χ4v) is 3.63. The quantitative estimate of drug-likeness (QED) is 0.788. The zero-order valence-corrected chi connectivity index (χ0v) is 10.1. The molecule has 0 bridgehead atoms. The average molecular weight is 243 g/mol. The number of carbonyl (C=O) groups excluding carboxylic acids is 1. The summed E-state index contributed by atoms with van der Waals surface area (Å²) in [6.45, 7) is 1.96. The minimum absolute atomic E-state index is 0.168. The summed E-state index contributed by atoms with van der Waals surface area (Å²) in [6.07, 6.45) is 1.61. The number of nitrogen functional groups attached to an aromatic ring is 1. The first kappa shape index (κ1) is 10.8. The van der Waals surface area contributed by atoms with E-state index in [9.17, 15) is 4.79 Å². The first-order valence-corrected chi connectivity index (χ1v) is 6.60. The molecule has 1 amide bonds. The molecule has 3 N–H and O–H groups in total. The number of hydrogen-bond acceptors (Lipinski definition) is 5. The van der Waals surface area contributed by atoms with E-state index in [1.807, 2.05) is 6.92 Å². The third-order valence-corrected chi connectivity index (χ3v) is 4.78. The third kappa shape index (κ3) is 2.63. The summed E-state index contributed by atoms with van der Waals surface area (Å²) in [5.74, 6) is 1.08. The van der Waals surface area contributed by atoms with Crippen LogP contribution >= 0.6 is 23.1 Å². The van der Waals surface area contributed by atoms with Gasteiger partial charge in [0.25, 0.3) is 0 Å². The highest BCUT2D eigenvalue weighted by Gasteiger charge is 2.21. The molecular formula is C9H13N3OS2. The highest BCUT2D eigenvalue weighted by molar-refractivity contribution is 8.01. The number of aromatic nitrogens is 1. The fraction of sp³-hybridized carbons (Fsp3) is 0.556. The predicted octanol–water partition coefficient (Wildman–Crippen LogP) is 1.40. The van der Waals surface area contributed by atoms with Gasteiger partial charge in [0.05, 0.1) is 9.90 Å². The van der Waals surface area contributed by atoms with E-state index in [-0.39, 0.29) is 5.91 Å². The van der Waals surface area contributed by atoms with E-state index in [0.29, 0.717) is 17.6 Å². The van der Waals surface area contributed by atoms with Crippen LogP contribution in [-0.4, -0.2) is 22.7 Å². The highest BCUT2D eigenvalue weighted by atomic mass is 32.2. The van der Waals surface area contributed by atoms with Crippen molar-refractivity contribution in [2.24, 2.45) is 0 Å². The molecule has 1 aliphatic heterocycles. The summed E-state index contributed by atoms with van der Waals surface area (Å²) in [4.78, 5) is 15.1. The number of thioether (sulfide) groups is 1. The van der Waals surface area contributed by atoms with Gasteiger partial charge in [0, 0.05) is 18.2 Å². The van der Waals surface area contributed by atoms with E-state index in [2.05, 4.69) is 10.3 Å². The van der Waals surface area contributed by atoms with Crippen molar-refractivity contribution in [3.63, 3.8) is 0 Å². The molecule has 1 aliphatic rings. The number of anilines is 1. The van der Waals surface area contributed by atoms with E-state index < -0.39 is 0 Å². The number of amides is 1. The molecule has 1 saturated heterocycles. The second-order valence-corrected chi connectivity index (χ2v) is 5.86. The molecule has 1 fully saturated rings. The largest absolute Gasteiger partial charge is 0.375 e. The lowest BCUT2D eigenvalue weighted by atomic mass is 10.2. The van der Waals surface area contributed by atoms with Crippen LogP contribution in [-0.2, 0) is 4.79 Å². The second kappa shape index (κ2) is 4.40. The molecule has 0 aliphatic carbocycles. The van der Waals surface area contributed by atoms with Gasteiger partial charge in [0.15, 0.2) is 5.13 Å². The maximum absolute atomic E-state index is 11.0. The minimum Gasteiger partial charge on any atom is -0.375 e. The molecule has 0 saturated carbocycles. The van der Waals surface area contributed by atoms with Gasteiger partial charge in [-0.2, -0.15) is 0 Å². The lowest BCUT2D eigenvalue weighted by Crippen LogP contribution is -2.27. The summed E-state index contributed by atoms with van der Waals surface area (Å²) in [7, 11) is 0. The number of nitrogens with two attached hydrogens (primary N) is 1. The van der Waals surface area contributed by atoms with E-state index in [1.165, 1.54) is 11.3 Å². The molecule has 0 spiro atoms. The SMILES string of the molecule is Cc1nc(N)sc1SCC1CCC(=O)N1. The van der Waals surface area contributed by atoms with Crippen LogP contribution in [0.2, 0.25) is 0 Å². The standard InChI is InChI=1S/C9H13N3OS2/c1-5-8(15-9(10)11-5)14-4-6-2-3-7(13)12-6/h6H,2-4H2,1H3,(H2,10,11)(H,12,13). The van der Waals surface area contributed by atoms with Crippen molar-refractivity contribution >= 4 is 34.1 Å². The van der Waals surface area contributed by atoms with Crippen LogP contribution in [0.25, 0.3) is 0 Å². The Morgan fingerprint density at radius 1 is 1.73 bits per heavy atom. The van der Waals surface area contributed by atoms with E-state index in [0.717, 1.165) is 22.1 Å². The van der Waals surface area contributed by atoms with Crippen LogP contribution in [0.1, 0.15) is 18.5 Å². The topological polar surface area (TPSA) is 68.0 Å². The normalized spacial score (nSPS) is 20.6. The maximum atomic E-state index is 11.0. The van der Waals surface area contributed by atoms with Gasteiger partial charge in [0.1, 0.15) is 0 Å². The summed E-state index contributed by atoms with van der Waals surface area (Å²) < 4.78 is 1.16. The van der Waals surface area contributed by atoms with Crippen LogP contribution in [0.15, 0.2) is 4.21 Å². The molecular weight excluding hydrogens is 230 g/mol. The molecule has 1 unspecified atom stereocenters. The van der Waals surface area contributed by atoms with E-state index in [4.69, 9.17) is 5.73 Å². The minimum atomic E-state index is 0.168. The van der Waals surface area contributed by atoms with Gasteiger partial charge < -0.3 is 11.1 Å². The number of aryl methyl sites for hydroxylation is 1. The number of hydrogen-bond donors (Lipinski definition) is 2. The number of nitrogens with one attached hydrogen (secondary N) is 1. The second-order valence-electron chi connectivity index (χ2n) is 3.54. The van der Waals surface area contributed by atoms with Crippen LogP contribution in [0.3, 0.4) is 0 Å². The lowest BCUT2D eigenvalue weighted by molar-refractivity contribution is -0.119. The van der Waals surface area contributed by atoms with Crippen LogP contribution in [0.4, 0.5) is 5.13 Å². The number of carbonyl (C=O) groups is 1. The van der Waals surface area contributed by atoms with Gasteiger partial charge in [-0.05, 0) is 13.3 Å². The molecule has 1 atom stereocenters. The van der Waals surface area contributed by atoms with Gasteiger partial charge in [-0.1, -0.05) is 11.3 Å². The zero-order valence-electron chi connectivity index (χ0n) is 8.45. The number of nitrogens with zero attached hydrogens (tertiary/aromatic N) is 1.